The zero-order valence-corrected chi connectivity index (χ0v) is 7.89. The molecule has 0 aromatic carbocycles. The van der Waals surface area contributed by atoms with Crippen LogP contribution in [-0.2, 0) is 0 Å². The third kappa shape index (κ3) is 3.11. The van der Waals surface area contributed by atoms with Crippen LogP contribution in [0.25, 0.3) is 0 Å². The summed E-state index contributed by atoms with van der Waals surface area (Å²) in [7, 11) is 0. The van der Waals surface area contributed by atoms with Crippen LogP contribution in [0.4, 0.5) is 0 Å². The Kier molecular flexibility index (Phi) is 3.38. The minimum absolute atomic E-state index is 0.390. The number of nitrogens with zero attached hydrogens (tertiary/aromatic N) is 1. The molecule has 0 aliphatic heterocycles. The molecule has 2 nitrogen and oxygen atoms in total. The van der Waals surface area contributed by atoms with Crippen molar-refractivity contribution >= 4 is 11.6 Å². The summed E-state index contributed by atoms with van der Waals surface area (Å²) >= 11 is 5.62. The maximum atomic E-state index is 5.62. The summed E-state index contributed by atoms with van der Waals surface area (Å²) in [6.45, 7) is 7.10. The number of hydrogen-bond acceptors (Lipinski definition) is 2. The van der Waals surface area contributed by atoms with Gasteiger partial charge >= 0.3 is 0 Å². The molecule has 1 N–H and O–H groups in total. The van der Waals surface area contributed by atoms with E-state index >= 15 is 0 Å². The molecule has 0 aliphatic rings. The number of pyridine rings is 1. The molecule has 0 bridgehead atoms. The minimum Gasteiger partial charge on any atom is -0.348 e. The molecule has 0 unspecified atom stereocenters. The SMILES string of the molecule is CC(C)N[C-]c1ccc(Cl)nc1. The van der Waals surface area contributed by atoms with Gasteiger partial charge in [0.15, 0.2) is 0 Å². The highest BCUT2D eigenvalue weighted by molar-refractivity contribution is 6.29. The fourth-order valence-corrected chi connectivity index (χ4v) is 0.789. The van der Waals surface area contributed by atoms with Crippen molar-refractivity contribution in [3.05, 3.63) is 35.6 Å². The Morgan fingerprint density at radius 3 is 2.75 bits per heavy atom. The Morgan fingerprint density at radius 1 is 1.50 bits per heavy atom. The first kappa shape index (κ1) is 9.36. The van der Waals surface area contributed by atoms with Gasteiger partial charge in [-0.25, -0.2) is 0 Å². The quantitative estimate of drug-likeness (QED) is 0.440. The predicted molar refractivity (Wildman–Crippen MR) is 49.9 cm³/mol. The first-order chi connectivity index (χ1) is 5.68. The van der Waals surface area contributed by atoms with Crippen LogP contribution >= 0.6 is 11.6 Å². The molecule has 0 atom stereocenters. The van der Waals surface area contributed by atoms with E-state index in [-0.39, 0.29) is 0 Å². The largest absolute Gasteiger partial charge is 0.348 e. The van der Waals surface area contributed by atoms with Gasteiger partial charge < -0.3 is 10.3 Å². The van der Waals surface area contributed by atoms with Gasteiger partial charge in [0, 0.05) is 0 Å². The molecule has 0 saturated heterocycles. The molecule has 3 heteroatoms. The number of rotatable bonds is 3. The maximum absolute atomic E-state index is 5.62. The summed E-state index contributed by atoms with van der Waals surface area (Å²) in [5.74, 6) is 0. The molecule has 1 rings (SSSR count). The van der Waals surface area contributed by atoms with Crippen molar-refractivity contribution in [2.45, 2.75) is 19.9 Å². The van der Waals surface area contributed by atoms with Gasteiger partial charge in [-0.15, -0.1) is 6.54 Å². The van der Waals surface area contributed by atoms with Crippen molar-refractivity contribution in [2.24, 2.45) is 0 Å². The number of nitrogens with one attached hydrogen (secondary N) is 1. The summed E-state index contributed by atoms with van der Waals surface area (Å²) in [4.78, 5) is 3.92. The molecule has 12 heavy (non-hydrogen) atoms. The molecule has 1 aromatic rings. The average molecular weight is 183 g/mol. The highest BCUT2D eigenvalue weighted by Gasteiger charge is 1.87. The van der Waals surface area contributed by atoms with Crippen LogP contribution in [0.15, 0.2) is 18.3 Å². The second-order valence-electron chi connectivity index (χ2n) is 2.79. The number of halogens is 1. The molecular formula is C9H11ClN2-. The Morgan fingerprint density at radius 2 is 2.25 bits per heavy atom. The van der Waals surface area contributed by atoms with E-state index in [1.54, 1.807) is 12.3 Å². The second kappa shape index (κ2) is 4.33. The predicted octanol–water partition coefficient (Wildman–Crippen LogP) is 2.12. The van der Waals surface area contributed by atoms with Crippen molar-refractivity contribution in [3.8, 4) is 0 Å². The van der Waals surface area contributed by atoms with E-state index in [0.717, 1.165) is 5.56 Å². The van der Waals surface area contributed by atoms with Crippen LogP contribution in [0.2, 0.25) is 5.15 Å². The lowest BCUT2D eigenvalue weighted by Crippen LogP contribution is -2.19. The third-order valence-corrected chi connectivity index (χ3v) is 1.46. The molecule has 1 heterocycles. The van der Waals surface area contributed by atoms with Crippen LogP contribution in [0.1, 0.15) is 19.4 Å². The molecule has 0 spiro atoms. The van der Waals surface area contributed by atoms with Gasteiger partial charge in [-0.1, -0.05) is 37.7 Å². The molecule has 1 radical (unpaired) electrons. The summed E-state index contributed by atoms with van der Waals surface area (Å²) < 4.78 is 0. The van der Waals surface area contributed by atoms with E-state index in [4.69, 9.17) is 11.6 Å². The first-order valence-corrected chi connectivity index (χ1v) is 4.19. The van der Waals surface area contributed by atoms with Crippen molar-refractivity contribution in [1.82, 2.24) is 10.3 Å². The van der Waals surface area contributed by atoms with Crippen molar-refractivity contribution in [1.29, 1.82) is 0 Å². The van der Waals surface area contributed by atoms with E-state index in [0.29, 0.717) is 11.2 Å². The van der Waals surface area contributed by atoms with Gasteiger partial charge in [0.25, 0.3) is 0 Å². The third-order valence-electron chi connectivity index (χ3n) is 1.23. The standard InChI is InChI=1S/C9H11ClN2/c1-7(2)11-5-8-3-4-9(10)12-6-8/h3-4,6-7,11H,1-2H3/q-1. The Balaban J connectivity index is 2.48. The van der Waals surface area contributed by atoms with Crippen LogP contribution in [-0.4, -0.2) is 11.0 Å². The fraction of sp³-hybridized carbons (Fsp3) is 0.333. The molecule has 0 aliphatic carbocycles. The normalized spacial score (nSPS) is 10.3. The topological polar surface area (TPSA) is 24.9 Å². The van der Waals surface area contributed by atoms with E-state index in [1.165, 1.54) is 0 Å². The lowest BCUT2D eigenvalue weighted by molar-refractivity contribution is 0.672. The second-order valence-corrected chi connectivity index (χ2v) is 3.18. The molecule has 0 amide bonds. The average Bonchev–Trinajstić information content (AvgIpc) is 2.03. The van der Waals surface area contributed by atoms with Crippen molar-refractivity contribution in [2.75, 3.05) is 0 Å². The zero-order valence-electron chi connectivity index (χ0n) is 7.13. The van der Waals surface area contributed by atoms with E-state index < -0.39 is 0 Å². The van der Waals surface area contributed by atoms with Crippen LogP contribution < -0.4 is 5.32 Å². The number of aromatic nitrogens is 1. The van der Waals surface area contributed by atoms with Gasteiger partial charge in [-0.3, -0.25) is 0 Å². The van der Waals surface area contributed by atoms with Gasteiger partial charge in [0.05, 0.1) is 0 Å². The Labute approximate surface area is 78.0 Å². The minimum atomic E-state index is 0.390. The van der Waals surface area contributed by atoms with E-state index in [9.17, 15) is 0 Å². The van der Waals surface area contributed by atoms with Gasteiger partial charge in [-0.2, -0.15) is 11.6 Å². The Bertz CT molecular complexity index is 231. The number of hydrogen-bond donors (Lipinski definition) is 1. The van der Waals surface area contributed by atoms with Crippen LogP contribution in [0.3, 0.4) is 0 Å². The van der Waals surface area contributed by atoms with Gasteiger partial charge in [0.2, 0.25) is 0 Å². The Hall–Kier alpha value is -0.730. The molecule has 0 fully saturated rings. The lowest BCUT2D eigenvalue weighted by atomic mass is 10.2. The van der Waals surface area contributed by atoms with E-state index in [2.05, 4.69) is 30.7 Å². The highest BCUT2D eigenvalue weighted by Crippen LogP contribution is 2.05. The van der Waals surface area contributed by atoms with Crippen molar-refractivity contribution in [3.63, 3.8) is 0 Å². The van der Waals surface area contributed by atoms with Gasteiger partial charge in [0.1, 0.15) is 5.15 Å². The zero-order chi connectivity index (χ0) is 8.97. The summed E-state index contributed by atoms with van der Waals surface area (Å²) in [5.41, 5.74) is 0.910. The van der Waals surface area contributed by atoms with Crippen LogP contribution in [0.5, 0.6) is 0 Å². The van der Waals surface area contributed by atoms with Crippen LogP contribution in [0, 0.1) is 6.54 Å². The molecule has 1 aromatic heterocycles. The van der Waals surface area contributed by atoms with E-state index in [1.807, 2.05) is 6.07 Å². The van der Waals surface area contributed by atoms with Gasteiger partial charge in [-0.05, 0) is 6.04 Å². The molecule has 65 valence electrons. The monoisotopic (exact) mass is 182 g/mol. The summed E-state index contributed by atoms with van der Waals surface area (Å²) in [5, 5.41) is 3.55. The first-order valence-electron chi connectivity index (χ1n) is 3.81. The molecular weight excluding hydrogens is 172 g/mol. The summed E-state index contributed by atoms with van der Waals surface area (Å²) in [6, 6.07) is 4.00. The smallest absolute Gasteiger partial charge is 0.103 e. The maximum Gasteiger partial charge on any atom is 0.103 e. The summed E-state index contributed by atoms with van der Waals surface area (Å²) in [6.07, 6.45) is 1.68. The lowest BCUT2D eigenvalue weighted by Gasteiger charge is -2.14. The fourth-order valence-electron chi connectivity index (χ4n) is 0.677. The van der Waals surface area contributed by atoms with Crippen molar-refractivity contribution < 1.29 is 0 Å². The highest BCUT2D eigenvalue weighted by atomic mass is 35.5. The molecule has 0 saturated carbocycles.